The highest BCUT2D eigenvalue weighted by atomic mass is 35.5. The van der Waals surface area contributed by atoms with Crippen molar-refractivity contribution >= 4 is 34.7 Å². The smallest absolute Gasteiger partial charge is 0.260 e. The van der Waals surface area contributed by atoms with Crippen molar-refractivity contribution in [1.29, 1.82) is 0 Å². The zero-order chi connectivity index (χ0) is 17.7. The van der Waals surface area contributed by atoms with Crippen molar-refractivity contribution in [3.8, 4) is 5.75 Å². The van der Waals surface area contributed by atoms with Crippen LogP contribution in [-0.2, 0) is 17.8 Å². The second kappa shape index (κ2) is 8.36. The number of halogens is 1. The van der Waals surface area contributed by atoms with Gasteiger partial charge in [0.15, 0.2) is 0 Å². The van der Waals surface area contributed by atoms with Gasteiger partial charge >= 0.3 is 0 Å². The Morgan fingerprint density at radius 2 is 1.96 bits per heavy atom. The summed E-state index contributed by atoms with van der Waals surface area (Å²) in [4.78, 5) is 0. The first kappa shape index (κ1) is 18.6. The normalized spacial score (nSPS) is 10.4. The van der Waals surface area contributed by atoms with Crippen molar-refractivity contribution in [3.05, 3.63) is 57.6 Å². The van der Waals surface area contributed by atoms with Gasteiger partial charge < -0.3 is 14.8 Å². The topological polar surface area (TPSA) is 30.5 Å². The Labute approximate surface area is 153 Å². The number of thiocarbonyl (C=S) groups is 1. The summed E-state index contributed by atoms with van der Waals surface area (Å²) >= 11 is 11.4. The average molecular weight is 364 g/mol. The third kappa shape index (κ3) is 4.40. The molecule has 0 unspecified atom stereocenters. The van der Waals surface area contributed by atoms with Crippen molar-refractivity contribution in [1.82, 2.24) is 0 Å². The summed E-state index contributed by atoms with van der Waals surface area (Å²) in [6.45, 7) is 6.66. The summed E-state index contributed by atoms with van der Waals surface area (Å²) < 4.78 is 11.0. The quantitative estimate of drug-likeness (QED) is 0.716. The molecular weight excluding hydrogens is 342 g/mol. The van der Waals surface area contributed by atoms with E-state index in [4.69, 9.17) is 33.3 Å². The minimum atomic E-state index is 0.290. The van der Waals surface area contributed by atoms with E-state index >= 15 is 0 Å². The van der Waals surface area contributed by atoms with Crippen LogP contribution >= 0.6 is 23.8 Å². The third-order valence-electron chi connectivity index (χ3n) is 3.93. The molecule has 0 heterocycles. The van der Waals surface area contributed by atoms with E-state index in [2.05, 4.69) is 38.2 Å². The van der Waals surface area contributed by atoms with Crippen LogP contribution in [-0.4, -0.2) is 12.3 Å². The molecule has 1 N–H and O–H groups in total. The molecule has 0 saturated carbocycles. The van der Waals surface area contributed by atoms with Crippen LogP contribution in [0.5, 0.6) is 5.75 Å². The van der Waals surface area contributed by atoms with Gasteiger partial charge in [0.1, 0.15) is 12.4 Å². The van der Waals surface area contributed by atoms with Gasteiger partial charge in [-0.1, -0.05) is 30.7 Å². The Kier molecular flexibility index (Phi) is 6.46. The number of anilines is 1. The molecule has 0 atom stereocenters. The Morgan fingerprint density at radius 3 is 2.62 bits per heavy atom. The van der Waals surface area contributed by atoms with Crippen molar-refractivity contribution < 1.29 is 9.47 Å². The standard InChI is InChI=1S/C19H22ClNO2S/c1-5-14-9-13(3)18(10-12(14)2)23-11-15-16(20)7-6-8-17(15)21-19(24)22-4/h6-10H,5,11H2,1-4H3,(H,21,24). The molecule has 0 fully saturated rings. The first-order valence-electron chi connectivity index (χ1n) is 7.81. The van der Waals surface area contributed by atoms with E-state index in [-0.39, 0.29) is 5.17 Å². The molecule has 0 saturated heterocycles. The third-order valence-corrected chi connectivity index (χ3v) is 4.55. The summed E-state index contributed by atoms with van der Waals surface area (Å²) in [6, 6.07) is 9.85. The minimum Gasteiger partial charge on any atom is -0.488 e. The summed E-state index contributed by atoms with van der Waals surface area (Å²) in [5, 5.41) is 3.94. The molecule has 0 aliphatic carbocycles. The Hall–Kier alpha value is -1.78. The number of ether oxygens (including phenoxy) is 2. The lowest BCUT2D eigenvalue weighted by Gasteiger charge is -2.16. The molecule has 3 nitrogen and oxygen atoms in total. The van der Waals surface area contributed by atoms with Crippen molar-refractivity contribution in [3.63, 3.8) is 0 Å². The maximum Gasteiger partial charge on any atom is 0.260 e. The molecule has 2 rings (SSSR count). The Morgan fingerprint density at radius 1 is 1.21 bits per heavy atom. The van der Waals surface area contributed by atoms with Gasteiger partial charge in [0.2, 0.25) is 0 Å². The van der Waals surface area contributed by atoms with E-state index < -0.39 is 0 Å². The number of rotatable bonds is 5. The van der Waals surface area contributed by atoms with Crippen molar-refractivity contribution in [2.24, 2.45) is 0 Å². The maximum atomic E-state index is 6.34. The lowest BCUT2D eigenvalue weighted by molar-refractivity contribution is 0.304. The first-order chi connectivity index (χ1) is 11.5. The zero-order valence-electron chi connectivity index (χ0n) is 14.4. The number of aryl methyl sites for hydroxylation is 3. The summed E-state index contributed by atoms with van der Waals surface area (Å²) in [6.07, 6.45) is 1.01. The summed E-state index contributed by atoms with van der Waals surface area (Å²) in [7, 11) is 1.53. The number of nitrogens with one attached hydrogen (secondary N) is 1. The van der Waals surface area contributed by atoms with Crippen molar-refractivity contribution in [2.45, 2.75) is 33.8 Å². The molecule has 0 amide bonds. The van der Waals surface area contributed by atoms with E-state index in [1.165, 1.54) is 18.2 Å². The molecule has 128 valence electrons. The highest BCUT2D eigenvalue weighted by Gasteiger charge is 2.11. The fourth-order valence-corrected chi connectivity index (χ4v) is 2.86. The van der Waals surface area contributed by atoms with E-state index in [9.17, 15) is 0 Å². The summed E-state index contributed by atoms with van der Waals surface area (Å²) in [5.41, 5.74) is 5.32. The monoisotopic (exact) mass is 363 g/mol. The molecule has 24 heavy (non-hydrogen) atoms. The lowest BCUT2D eigenvalue weighted by atomic mass is 10.0. The van der Waals surface area contributed by atoms with Gasteiger partial charge in [-0.15, -0.1) is 0 Å². The first-order valence-corrected chi connectivity index (χ1v) is 8.60. The molecule has 5 heteroatoms. The summed E-state index contributed by atoms with van der Waals surface area (Å²) in [5.74, 6) is 0.866. The van der Waals surface area contributed by atoms with Gasteiger partial charge in [-0.2, -0.15) is 0 Å². The van der Waals surface area contributed by atoms with Gasteiger partial charge in [0.25, 0.3) is 5.17 Å². The van der Waals surface area contributed by atoms with E-state index in [1.54, 1.807) is 0 Å². The molecule has 0 aliphatic heterocycles. The van der Waals surface area contributed by atoms with Crippen LogP contribution in [0.4, 0.5) is 5.69 Å². The van der Waals surface area contributed by atoms with Gasteiger partial charge in [-0.3, -0.25) is 0 Å². The van der Waals surface area contributed by atoms with Gasteiger partial charge in [-0.25, -0.2) is 0 Å². The van der Waals surface area contributed by atoms with E-state index in [1.807, 2.05) is 18.2 Å². The molecule has 2 aromatic rings. The number of benzene rings is 2. The molecule has 0 radical (unpaired) electrons. The lowest BCUT2D eigenvalue weighted by Crippen LogP contribution is -2.13. The van der Waals surface area contributed by atoms with Crippen molar-refractivity contribution in [2.75, 3.05) is 12.4 Å². The Bertz CT molecular complexity index is 746. The number of hydrogen-bond acceptors (Lipinski definition) is 3. The van der Waals surface area contributed by atoms with Crippen LogP contribution in [0.25, 0.3) is 0 Å². The van der Waals surface area contributed by atoms with Crippen LogP contribution < -0.4 is 10.1 Å². The highest BCUT2D eigenvalue weighted by molar-refractivity contribution is 7.80. The second-order valence-corrected chi connectivity index (χ2v) is 6.35. The van der Waals surface area contributed by atoms with Crippen LogP contribution in [0.2, 0.25) is 5.02 Å². The maximum absolute atomic E-state index is 6.34. The van der Waals surface area contributed by atoms with Crippen LogP contribution in [0.1, 0.15) is 29.2 Å². The zero-order valence-corrected chi connectivity index (χ0v) is 16.0. The highest BCUT2D eigenvalue weighted by Crippen LogP contribution is 2.29. The van der Waals surface area contributed by atoms with Gasteiger partial charge in [0, 0.05) is 16.3 Å². The average Bonchev–Trinajstić information content (AvgIpc) is 2.56. The van der Waals surface area contributed by atoms with Gasteiger partial charge in [0.05, 0.1) is 7.11 Å². The largest absolute Gasteiger partial charge is 0.488 e. The van der Waals surface area contributed by atoms with Gasteiger partial charge in [-0.05, 0) is 67.4 Å². The number of methoxy groups -OCH3 is 1. The fraction of sp³-hybridized carbons (Fsp3) is 0.316. The van der Waals surface area contributed by atoms with Crippen LogP contribution in [0, 0.1) is 13.8 Å². The molecular formula is C19H22ClNO2S. The molecule has 0 aromatic heterocycles. The van der Waals surface area contributed by atoms with E-state index in [0.29, 0.717) is 11.6 Å². The molecule has 0 bridgehead atoms. The predicted molar refractivity (Wildman–Crippen MR) is 104 cm³/mol. The minimum absolute atomic E-state index is 0.290. The van der Waals surface area contributed by atoms with Crippen LogP contribution in [0.3, 0.4) is 0 Å². The molecule has 2 aromatic carbocycles. The second-order valence-electron chi connectivity index (χ2n) is 5.57. The molecule has 0 spiro atoms. The molecule has 0 aliphatic rings. The SMILES string of the molecule is CCc1cc(C)c(OCc2c(Cl)cccc2NC(=S)OC)cc1C. The predicted octanol–water partition coefficient (Wildman–Crippen LogP) is 5.44. The Balaban J connectivity index is 2.23. The fourth-order valence-electron chi connectivity index (χ4n) is 2.52. The van der Waals surface area contributed by atoms with Crippen LogP contribution in [0.15, 0.2) is 30.3 Å². The number of hydrogen-bond donors (Lipinski definition) is 1. The van der Waals surface area contributed by atoms with E-state index in [0.717, 1.165) is 29.0 Å².